The zero-order valence-electron chi connectivity index (χ0n) is 11.2. The van der Waals surface area contributed by atoms with Gasteiger partial charge < -0.3 is 5.32 Å². The number of hydrogen-bond acceptors (Lipinski definition) is 3. The smallest absolute Gasteiger partial charge is 0.156 e. The highest BCUT2D eigenvalue weighted by Crippen LogP contribution is 2.18. The summed E-state index contributed by atoms with van der Waals surface area (Å²) >= 11 is 0. The van der Waals surface area contributed by atoms with Crippen LogP contribution < -0.4 is 5.32 Å². The lowest BCUT2D eigenvalue weighted by Crippen LogP contribution is -2.32. The number of hydrogen-bond donors (Lipinski definition) is 1. The summed E-state index contributed by atoms with van der Waals surface area (Å²) in [6, 6.07) is 4.39. The normalized spacial score (nSPS) is 12.5. The zero-order valence-corrected chi connectivity index (χ0v) is 12.1. The third-order valence-corrected chi connectivity index (χ3v) is 5.42. The molecule has 1 N–H and O–H groups in total. The summed E-state index contributed by atoms with van der Waals surface area (Å²) in [7, 11) is -3.13. The van der Waals surface area contributed by atoms with E-state index in [0.29, 0.717) is 6.54 Å². The number of nitrogens with one attached hydrogen (secondary N) is 1. The van der Waals surface area contributed by atoms with Crippen LogP contribution in [0.1, 0.15) is 26.3 Å². The molecule has 0 aliphatic rings. The van der Waals surface area contributed by atoms with Gasteiger partial charge in [-0.1, -0.05) is 0 Å². The SMILES string of the molecule is Cc1cc(F)ccc1NCCS(=O)(=O)C(C)(C)C. The Kier molecular flexibility index (Phi) is 4.37. The molecular weight excluding hydrogens is 253 g/mol. The summed E-state index contributed by atoms with van der Waals surface area (Å²) in [6.45, 7) is 7.16. The Balaban J connectivity index is 2.63. The number of benzene rings is 1. The average Bonchev–Trinajstić information content (AvgIpc) is 2.19. The predicted molar refractivity (Wildman–Crippen MR) is 73.2 cm³/mol. The molecule has 0 aromatic heterocycles. The predicted octanol–water partition coefficient (Wildman–Crippen LogP) is 2.76. The van der Waals surface area contributed by atoms with E-state index in [4.69, 9.17) is 0 Å². The second-order valence-corrected chi connectivity index (χ2v) is 8.18. The maximum Gasteiger partial charge on any atom is 0.156 e. The first-order valence-electron chi connectivity index (χ1n) is 5.86. The van der Waals surface area contributed by atoms with Crippen molar-refractivity contribution in [3.63, 3.8) is 0 Å². The van der Waals surface area contributed by atoms with E-state index in [0.717, 1.165) is 11.3 Å². The maximum atomic E-state index is 12.9. The second kappa shape index (κ2) is 5.26. The molecule has 0 spiro atoms. The van der Waals surface area contributed by atoms with Crippen LogP contribution in [0.4, 0.5) is 10.1 Å². The van der Waals surface area contributed by atoms with Crippen molar-refractivity contribution in [1.82, 2.24) is 0 Å². The third kappa shape index (κ3) is 3.70. The molecule has 18 heavy (non-hydrogen) atoms. The van der Waals surface area contributed by atoms with Crippen LogP contribution in [0.3, 0.4) is 0 Å². The molecule has 0 aliphatic carbocycles. The lowest BCUT2D eigenvalue weighted by molar-refractivity contribution is 0.560. The number of sulfone groups is 1. The van der Waals surface area contributed by atoms with Crippen molar-refractivity contribution in [3.05, 3.63) is 29.6 Å². The van der Waals surface area contributed by atoms with E-state index in [9.17, 15) is 12.8 Å². The van der Waals surface area contributed by atoms with Gasteiger partial charge in [-0.05, 0) is 51.5 Å². The van der Waals surface area contributed by atoms with Crippen LogP contribution in [0.5, 0.6) is 0 Å². The van der Waals surface area contributed by atoms with E-state index >= 15 is 0 Å². The molecule has 0 fully saturated rings. The van der Waals surface area contributed by atoms with Crippen molar-refractivity contribution in [3.8, 4) is 0 Å². The van der Waals surface area contributed by atoms with Gasteiger partial charge in [-0.3, -0.25) is 0 Å². The zero-order chi connectivity index (χ0) is 14.0. The number of halogens is 1. The summed E-state index contributed by atoms with van der Waals surface area (Å²) in [5.41, 5.74) is 1.53. The molecule has 0 unspecified atom stereocenters. The Bertz CT molecular complexity index is 518. The van der Waals surface area contributed by atoms with Crippen molar-refractivity contribution >= 4 is 15.5 Å². The van der Waals surface area contributed by atoms with E-state index in [1.807, 2.05) is 0 Å². The molecule has 1 aromatic rings. The van der Waals surface area contributed by atoms with Gasteiger partial charge in [0.05, 0.1) is 10.5 Å². The quantitative estimate of drug-likeness (QED) is 0.917. The average molecular weight is 273 g/mol. The van der Waals surface area contributed by atoms with Crippen LogP contribution in [0.2, 0.25) is 0 Å². The second-order valence-electron chi connectivity index (χ2n) is 5.32. The van der Waals surface area contributed by atoms with Crippen molar-refractivity contribution in [2.24, 2.45) is 0 Å². The molecule has 3 nitrogen and oxygen atoms in total. The van der Waals surface area contributed by atoms with Crippen LogP contribution in [0, 0.1) is 12.7 Å². The number of anilines is 1. The van der Waals surface area contributed by atoms with Crippen molar-refractivity contribution in [2.75, 3.05) is 17.6 Å². The molecule has 102 valence electrons. The Morgan fingerprint density at radius 3 is 2.39 bits per heavy atom. The summed E-state index contributed by atoms with van der Waals surface area (Å²) < 4.78 is 35.9. The van der Waals surface area contributed by atoms with E-state index in [1.54, 1.807) is 33.8 Å². The first-order valence-corrected chi connectivity index (χ1v) is 7.51. The van der Waals surface area contributed by atoms with Gasteiger partial charge >= 0.3 is 0 Å². The van der Waals surface area contributed by atoms with E-state index in [-0.39, 0.29) is 11.6 Å². The molecule has 0 radical (unpaired) electrons. The van der Waals surface area contributed by atoms with Gasteiger partial charge in [0, 0.05) is 12.2 Å². The standard InChI is InChI=1S/C13H20FNO2S/c1-10-9-11(14)5-6-12(10)15-7-8-18(16,17)13(2,3)4/h5-6,9,15H,7-8H2,1-4H3. The fourth-order valence-corrected chi connectivity index (χ4v) is 2.43. The molecule has 0 amide bonds. The minimum atomic E-state index is -3.13. The molecule has 0 saturated carbocycles. The molecule has 0 atom stereocenters. The molecule has 0 aliphatic heterocycles. The van der Waals surface area contributed by atoms with E-state index in [2.05, 4.69) is 5.32 Å². The highest BCUT2D eigenvalue weighted by atomic mass is 32.2. The summed E-state index contributed by atoms with van der Waals surface area (Å²) in [5, 5.41) is 3.02. The van der Waals surface area contributed by atoms with Gasteiger partial charge in [-0.15, -0.1) is 0 Å². The Labute approximate surface area is 108 Å². The van der Waals surface area contributed by atoms with Gasteiger partial charge in [0.1, 0.15) is 5.82 Å². The third-order valence-electron chi connectivity index (χ3n) is 2.81. The first-order chi connectivity index (χ1) is 8.13. The van der Waals surface area contributed by atoms with E-state index in [1.165, 1.54) is 12.1 Å². The molecule has 5 heteroatoms. The lowest BCUT2D eigenvalue weighted by atomic mass is 10.2. The van der Waals surface area contributed by atoms with Crippen LogP contribution in [0.25, 0.3) is 0 Å². The molecular formula is C13H20FNO2S. The van der Waals surface area contributed by atoms with Gasteiger partial charge in [0.15, 0.2) is 9.84 Å². The minimum Gasteiger partial charge on any atom is -0.384 e. The van der Waals surface area contributed by atoms with Gasteiger partial charge in [0.2, 0.25) is 0 Å². The van der Waals surface area contributed by atoms with Crippen molar-refractivity contribution < 1.29 is 12.8 Å². The number of aryl methyl sites for hydroxylation is 1. The summed E-state index contributed by atoms with van der Waals surface area (Å²) in [5.74, 6) is -0.229. The van der Waals surface area contributed by atoms with Crippen LogP contribution in [0.15, 0.2) is 18.2 Å². The highest BCUT2D eigenvalue weighted by Gasteiger charge is 2.28. The van der Waals surface area contributed by atoms with Gasteiger partial charge in [-0.2, -0.15) is 0 Å². The van der Waals surface area contributed by atoms with Crippen LogP contribution in [-0.4, -0.2) is 25.5 Å². The summed E-state index contributed by atoms with van der Waals surface area (Å²) in [6.07, 6.45) is 0. The van der Waals surface area contributed by atoms with Crippen LogP contribution >= 0.6 is 0 Å². The summed E-state index contributed by atoms with van der Waals surface area (Å²) in [4.78, 5) is 0. The molecule has 0 heterocycles. The Morgan fingerprint density at radius 1 is 1.28 bits per heavy atom. The number of rotatable bonds is 4. The van der Waals surface area contributed by atoms with E-state index < -0.39 is 14.6 Å². The Morgan fingerprint density at radius 2 is 1.89 bits per heavy atom. The van der Waals surface area contributed by atoms with Gasteiger partial charge in [0.25, 0.3) is 0 Å². The fraction of sp³-hybridized carbons (Fsp3) is 0.538. The molecule has 0 bridgehead atoms. The topological polar surface area (TPSA) is 46.2 Å². The van der Waals surface area contributed by atoms with Crippen molar-refractivity contribution in [1.29, 1.82) is 0 Å². The van der Waals surface area contributed by atoms with Crippen LogP contribution in [-0.2, 0) is 9.84 Å². The minimum absolute atomic E-state index is 0.0628. The molecule has 0 saturated heterocycles. The maximum absolute atomic E-state index is 12.9. The highest BCUT2D eigenvalue weighted by molar-refractivity contribution is 7.92. The van der Waals surface area contributed by atoms with Crippen molar-refractivity contribution in [2.45, 2.75) is 32.4 Å². The first kappa shape index (κ1) is 15.0. The monoisotopic (exact) mass is 273 g/mol. The largest absolute Gasteiger partial charge is 0.384 e. The van der Waals surface area contributed by atoms with Gasteiger partial charge in [-0.25, -0.2) is 12.8 Å². The lowest BCUT2D eigenvalue weighted by Gasteiger charge is -2.19. The fourth-order valence-electron chi connectivity index (χ4n) is 1.45. The Hall–Kier alpha value is -1.10. The molecule has 1 aromatic carbocycles. The molecule has 1 rings (SSSR count).